The second-order valence-corrected chi connectivity index (χ2v) is 6.80. The highest BCUT2D eigenvalue weighted by Gasteiger charge is 2.35. The van der Waals surface area contributed by atoms with Gasteiger partial charge in [-0.15, -0.1) is 0 Å². The molecule has 0 atom stereocenters. The van der Waals surface area contributed by atoms with Crippen LogP contribution in [-0.2, 0) is 18.5 Å². The van der Waals surface area contributed by atoms with Crippen molar-refractivity contribution in [2.24, 2.45) is 0 Å². The van der Waals surface area contributed by atoms with Crippen LogP contribution in [0, 0.1) is 0 Å². The molecule has 0 saturated heterocycles. The molecule has 0 N–H and O–H groups in total. The third-order valence-electron chi connectivity index (χ3n) is 4.64. The van der Waals surface area contributed by atoms with Crippen LogP contribution in [0.1, 0.15) is 16.7 Å². The Hall–Kier alpha value is -2.91. The molecule has 0 radical (unpaired) electrons. The first-order valence-electron chi connectivity index (χ1n) is 8.78. The van der Waals surface area contributed by atoms with Crippen molar-refractivity contribution >= 4 is 23.1 Å². The van der Waals surface area contributed by atoms with Crippen LogP contribution < -0.4 is 16.4 Å². The van der Waals surface area contributed by atoms with E-state index >= 15 is 0 Å². The average molecular weight is 446 g/mol. The first-order valence-corrected chi connectivity index (χ1v) is 8.78. The van der Waals surface area contributed by atoms with Crippen molar-refractivity contribution in [1.29, 1.82) is 0 Å². The summed E-state index contributed by atoms with van der Waals surface area (Å²) in [6.45, 7) is -1.29. The van der Waals surface area contributed by atoms with Gasteiger partial charge in [0.25, 0.3) is 0 Å². The van der Waals surface area contributed by atoms with Gasteiger partial charge in [0.05, 0.1) is 16.7 Å². The SMILES string of the molecule is FC(F)(F)c1cccc(B(c2cccc(C(F)(F)F)c2)c2cccc(C(F)(F)F)c2)c1. The fourth-order valence-electron chi connectivity index (χ4n) is 3.26. The Balaban J connectivity index is 2.24. The van der Waals surface area contributed by atoms with Crippen molar-refractivity contribution in [2.75, 3.05) is 0 Å². The second kappa shape index (κ2) is 7.98. The minimum absolute atomic E-state index is 0.0894. The van der Waals surface area contributed by atoms with Crippen LogP contribution in [0.3, 0.4) is 0 Å². The molecule has 0 aliphatic carbocycles. The Morgan fingerprint density at radius 1 is 0.419 bits per heavy atom. The van der Waals surface area contributed by atoms with Gasteiger partial charge >= 0.3 is 18.5 Å². The van der Waals surface area contributed by atoms with Crippen LogP contribution in [0.4, 0.5) is 39.5 Å². The van der Waals surface area contributed by atoms with E-state index < -0.39 is 41.9 Å². The minimum Gasteiger partial charge on any atom is -0.166 e. The van der Waals surface area contributed by atoms with Crippen molar-refractivity contribution < 1.29 is 39.5 Å². The van der Waals surface area contributed by atoms with Crippen LogP contribution in [0.25, 0.3) is 0 Å². The van der Waals surface area contributed by atoms with Crippen molar-refractivity contribution in [3.05, 3.63) is 89.5 Å². The highest BCUT2D eigenvalue weighted by molar-refractivity contribution is 6.95. The third-order valence-corrected chi connectivity index (χ3v) is 4.64. The highest BCUT2D eigenvalue weighted by Crippen LogP contribution is 2.30. The van der Waals surface area contributed by atoms with Crippen LogP contribution in [0.2, 0.25) is 0 Å². The zero-order valence-electron chi connectivity index (χ0n) is 15.4. The van der Waals surface area contributed by atoms with E-state index in [1.165, 1.54) is 18.2 Å². The maximum Gasteiger partial charge on any atom is 0.416 e. The molecule has 3 aromatic carbocycles. The van der Waals surface area contributed by atoms with Crippen LogP contribution in [-0.4, -0.2) is 6.71 Å². The molecule has 0 saturated carbocycles. The molecular weight excluding hydrogens is 434 g/mol. The largest absolute Gasteiger partial charge is 0.416 e. The summed E-state index contributed by atoms with van der Waals surface area (Å²) < 4.78 is 119. The summed E-state index contributed by atoms with van der Waals surface area (Å²) in [7, 11) is 0. The third kappa shape index (κ3) is 5.23. The summed E-state index contributed by atoms with van der Waals surface area (Å²) in [5, 5.41) is 0. The molecule has 162 valence electrons. The number of hydrogen-bond donors (Lipinski definition) is 0. The Kier molecular flexibility index (Phi) is 5.86. The minimum atomic E-state index is -4.73. The molecule has 0 aromatic heterocycles. The molecule has 0 spiro atoms. The smallest absolute Gasteiger partial charge is 0.166 e. The summed E-state index contributed by atoms with van der Waals surface area (Å²) >= 11 is 0. The van der Waals surface area contributed by atoms with Gasteiger partial charge in [0.15, 0.2) is 0 Å². The van der Waals surface area contributed by atoms with Gasteiger partial charge < -0.3 is 0 Å². The van der Waals surface area contributed by atoms with E-state index in [4.69, 9.17) is 0 Å². The van der Waals surface area contributed by atoms with E-state index in [0.717, 1.165) is 54.6 Å². The predicted octanol–water partition coefficient (Wildman–Crippen LogP) is 5.26. The summed E-state index contributed by atoms with van der Waals surface area (Å²) in [6, 6.07) is 11.4. The van der Waals surface area contributed by atoms with E-state index in [2.05, 4.69) is 0 Å². The molecule has 0 bridgehead atoms. The lowest BCUT2D eigenvalue weighted by Gasteiger charge is -2.19. The molecule has 0 aliphatic heterocycles. The zero-order valence-corrected chi connectivity index (χ0v) is 15.4. The fraction of sp³-hybridized carbons (Fsp3) is 0.143. The number of hydrogen-bond acceptors (Lipinski definition) is 0. The molecule has 3 rings (SSSR count). The van der Waals surface area contributed by atoms with Crippen LogP contribution in [0.15, 0.2) is 72.8 Å². The monoisotopic (exact) mass is 446 g/mol. The number of benzene rings is 3. The molecular formula is C21H12BF9. The molecule has 0 amide bonds. The molecule has 0 unspecified atom stereocenters. The molecule has 3 aromatic rings. The molecule has 0 fully saturated rings. The van der Waals surface area contributed by atoms with Crippen molar-refractivity contribution in [3.8, 4) is 0 Å². The van der Waals surface area contributed by atoms with Gasteiger partial charge in [-0.25, -0.2) is 0 Å². The topological polar surface area (TPSA) is 0 Å². The number of rotatable bonds is 3. The standard InChI is InChI=1S/C21H12BF9/c23-19(24,25)13-4-1-7-16(10-13)22(17-8-2-5-14(11-17)20(26,27)28)18-9-3-6-15(12-18)21(29,30)31/h1-12H. The van der Waals surface area contributed by atoms with Crippen LogP contribution in [0.5, 0.6) is 0 Å². The summed E-state index contributed by atoms with van der Waals surface area (Å²) in [6.07, 6.45) is -14.2. The molecule has 0 heterocycles. The fourth-order valence-corrected chi connectivity index (χ4v) is 3.26. The Bertz CT molecular complexity index is 928. The van der Waals surface area contributed by atoms with Crippen molar-refractivity contribution in [1.82, 2.24) is 0 Å². The van der Waals surface area contributed by atoms with Crippen LogP contribution >= 0.6 is 0 Å². The molecule has 0 nitrogen and oxygen atoms in total. The maximum absolute atomic E-state index is 13.2. The van der Waals surface area contributed by atoms with Gasteiger partial charge in [-0.2, -0.15) is 39.5 Å². The Morgan fingerprint density at radius 3 is 0.903 bits per heavy atom. The van der Waals surface area contributed by atoms with E-state index in [0.29, 0.717) is 0 Å². The lowest BCUT2D eigenvalue weighted by atomic mass is 9.36. The van der Waals surface area contributed by atoms with Gasteiger partial charge in [0.1, 0.15) is 0 Å². The average Bonchev–Trinajstić information content (AvgIpc) is 2.67. The summed E-state index contributed by atoms with van der Waals surface area (Å²) in [4.78, 5) is 0. The van der Waals surface area contributed by atoms with Gasteiger partial charge in [0, 0.05) is 0 Å². The highest BCUT2D eigenvalue weighted by atomic mass is 19.4. The predicted molar refractivity (Wildman–Crippen MR) is 99.0 cm³/mol. The Labute approximate surface area is 171 Å². The lowest BCUT2D eigenvalue weighted by Crippen LogP contribution is -2.52. The second-order valence-electron chi connectivity index (χ2n) is 6.80. The first-order chi connectivity index (χ1) is 14.3. The maximum atomic E-state index is 13.2. The van der Waals surface area contributed by atoms with E-state index in [9.17, 15) is 39.5 Å². The van der Waals surface area contributed by atoms with E-state index in [1.54, 1.807) is 0 Å². The quantitative estimate of drug-likeness (QED) is 0.381. The van der Waals surface area contributed by atoms with E-state index in [1.807, 2.05) is 0 Å². The van der Waals surface area contributed by atoms with Gasteiger partial charge in [-0.3, -0.25) is 0 Å². The van der Waals surface area contributed by atoms with Crippen molar-refractivity contribution in [3.63, 3.8) is 0 Å². The van der Waals surface area contributed by atoms with Gasteiger partial charge in [0.2, 0.25) is 6.71 Å². The molecule has 0 aliphatic rings. The summed E-state index contributed by atoms with van der Waals surface area (Å²) in [5.41, 5.74) is -3.45. The zero-order chi connectivity index (χ0) is 23.0. The molecule has 31 heavy (non-hydrogen) atoms. The lowest BCUT2D eigenvalue weighted by molar-refractivity contribution is -0.138. The van der Waals surface area contributed by atoms with Gasteiger partial charge in [-0.05, 0) is 0 Å². The van der Waals surface area contributed by atoms with Crippen molar-refractivity contribution in [2.45, 2.75) is 18.5 Å². The normalized spacial score (nSPS) is 12.7. The summed E-state index contributed by atoms with van der Waals surface area (Å²) in [5.74, 6) is 0. The number of alkyl halides is 9. The van der Waals surface area contributed by atoms with E-state index in [-0.39, 0.29) is 16.4 Å². The molecule has 10 heteroatoms. The Morgan fingerprint density at radius 2 is 0.677 bits per heavy atom. The van der Waals surface area contributed by atoms with Gasteiger partial charge in [-0.1, -0.05) is 89.2 Å². The first kappa shape index (κ1) is 22.8. The number of halogens is 9.